The van der Waals surface area contributed by atoms with Gasteiger partial charge in [-0.1, -0.05) is 12.1 Å². The average molecular weight is 330 g/mol. The molecule has 1 unspecified atom stereocenters. The van der Waals surface area contributed by atoms with Crippen LogP contribution in [0.15, 0.2) is 48.5 Å². The van der Waals surface area contributed by atoms with Crippen LogP contribution in [-0.2, 0) is 11.3 Å². The van der Waals surface area contributed by atoms with Crippen LogP contribution >= 0.6 is 0 Å². The van der Waals surface area contributed by atoms with E-state index in [9.17, 15) is 13.6 Å². The van der Waals surface area contributed by atoms with Crippen LogP contribution in [0.25, 0.3) is 0 Å². The molecule has 1 saturated heterocycles. The molecule has 1 N–H and O–H groups in total. The molecule has 0 aromatic heterocycles. The largest absolute Gasteiger partial charge is 0.326 e. The molecule has 2 aromatic rings. The quantitative estimate of drug-likeness (QED) is 0.924. The predicted molar refractivity (Wildman–Crippen MR) is 89.4 cm³/mol. The number of carbonyl (C=O) groups excluding carboxylic acids is 1. The van der Waals surface area contributed by atoms with Crippen LogP contribution in [0.2, 0.25) is 0 Å². The number of halogens is 2. The molecule has 1 aliphatic heterocycles. The van der Waals surface area contributed by atoms with E-state index in [0.29, 0.717) is 18.8 Å². The summed E-state index contributed by atoms with van der Waals surface area (Å²) in [5, 5.41) is 2.85. The SMILES string of the molecule is O=C(Nc1ccc(F)cc1)C1CCCN(Cc2ccc(F)cc2)C1. The van der Waals surface area contributed by atoms with Gasteiger partial charge in [0.25, 0.3) is 0 Å². The van der Waals surface area contributed by atoms with E-state index in [1.807, 2.05) is 0 Å². The number of anilines is 1. The zero-order valence-corrected chi connectivity index (χ0v) is 13.3. The molecule has 24 heavy (non-hydrogen) atoms. The van der Waals surface area contributed by atoms with Crippen molar-refractivity contribution >= 4 is 11.6 Å². The summed E-state index contributed by atoms with van der Waals surface area (Å²) >= 11 is 0. The molecule has 1 heterocycles. The molecule has 126 valence electrons. The van der Waals surface area contributed by atoms with Crippen molar-refractivity contribution in [1.82, 2.24) is 4.90 Å². The highest BCUT2D eigenvalue weighted by molar-refractivity contribution is 5.92. The van der Waals surface area contributed by atoms with Gasteiger partial charge in [0.15, 0.2) is 0 Å². The first kappa shape index (κ1) is 16.6. The number of likely N-dealkylation sites (tertiary alicyclic amines) is 1. The first-order chi connectivity index (χ1) is 11.6. The van der Waals surface area contributed by atoms with E-state index in [4.69, 9.17) is 0 Å². The number of benzene rings is 2. The summed E-state index contributed by atoms with van der Waals surface area (Å²) < 4.78 is 25.9. The van der Waals surface area contributed by atoms with Crippen LogP contribution in [0.1, 0.15) is 18.4 Å². The molecule has 3 rings (SSSR count). The summed E-state index contributed by atoms with van der Waals surface area (Å²) in [5.74, 6) is -0.695. The fourth-order valence-corrected chi connectivity index (χ4v) is 3.04. The zero-order valence-electron chi connectivity index (χ0n) is 13.3. The van der Waals surface area contributed by atoms with Crippen molar-refractivity contribution in [2.45, 2.75) is 19.4 Å². The fourth-order valence-electron chi connectivity index (χ4n) is 3.04. The van der Waals surface area contributed by atoms with Gasteiger partial charge in [-0.3, -0.25) is 9.69 Å². The molecule has 0 saturated carbocycles. The van der Waals surface area contributed by atoms with Crippen molar-refractivity contribution in [3.63, 3.8) is 0 Å². The monoisotopic (exact) mass is 330 g/mol. The van der Waals surface area contributed by atoms with E-state index in [2.05, 4.69) is 10.2 Å². The van der Waals surface area contributed by atoms with Crippen molar-refractivity contribution in [3.8, 4) is 0 Å². The Morgan fingerprint density at radius 1 is 1.04 bits per heavy atom. The van der Waals surface area contributed by atoms with Crippen LogP contribution in [0.3, 0.4) is 0 Å². The Balaban J connectivity index is 1.57. The Morgan fingerprint density at radius 2 is 1.67 bits per heavy atom. The third kappa shape index (κ3) is 4.38. The Hall–Kier alpha value is -2.27. The summed E-state index contributed by atoms with van der Waals surface area (Å²) in [6, 6.07) is 12.2. The van der Waals surface area contributed by atoms with Crippen LogP contribution in [-0.4, -0.2) is 23.9 Å². The zero-order chi connectivity index (χ0) is 16.9. The number of nitrogens with zero attached hydrogens (tertiary/aromatic N) is 1. The van der Waals surface area contributed by atoms with Crippen LogP contribution in [0.5, 0.6) is 0 Å². The Morgan fingerprint density at radius 3 is 2.33 bits per heavy atom. The van der Waals surface area contributed by atoms with Gasteiger partial charge in [0.2, 0.25) is 5.91 Å². The van der Waals surface area contributed by atoms with Gasteiger partial charge in [-0.25, -0.2) is 8.78 Å². The Kier molecular flexibility index (Phi) is 5.20. The second kappa shape index (κ2) is 7.53. The molecule has 0 spiro atoms. The smallest absolute Gasteiger partial charge is 0.228 e. The van der Waals surface area contributed by atoms with E-state index in [1.165, 1.54) is 24.3 Å². The number of amides is 1. The van der Waals surface area contributed by atoms with Gasteiger partial charge in [0.05, 0.1) is 5.92 Å². The van der Waals surface area contributed by atoms with E-state index in [-0.39, 0.29) is 23.5 Å². The summed E-state index contributed by atoms with van der Waals surface area (Å²) in [6.45, 7) is 2.31. The third-order valence-electron chi connectivity index (χ3n) is 4.31. The van der Waals surface area contributed by atoms with Gasteiger partial charge in [-0.2, -0.15) is 0 Å². The van der Waals surface area contributed by atoms with E-state index in [0.717, 1.165) is 24.9 Å². The second-order valence-electron chi connectivity index (χ2n) is 6.20. The highest BCUT2D eigenvalue weighted by atomic mass is 19.1. The van der Waals surface area contributed by atoms with Crippen LogP contribution < -0.4 is 5.32 Å². The molecule has 1 amide bonds. The summed E-state index contributed by atoms with van der Waals surface area (Å²) in [5.41, 5.74) is 1.65. The molecule has 5 heteroatoms. The number of hydrogen-bond acceptors (Lipinski definition) is 2. The van der Waals surface area contributed by atoms with Gasteiger partial charge < -0.3 is 5.32 Å². The summed E-state index contributed by atoms with van der Waals surface area (Å²) in [4.78, 5) is 14.6. The molecule has 0 bridgehead atoms. The van der Waals surface area contributed by atoms with E-state index >= 15 is 0 Å². The van der Waals surface area contributed by atoms with Crippen LogP contribution in [0, 0.1) is 17.6 Å². The first-order valence-electron chi connectivity index (χ1n) is 8.13. The molecule has 1 fully saturated rings. The standard InChI is InChI=1S/C19H20F2N2O/c20-16-5-3-14(4-6-16)12-23-11-1-2-15(13-23)19(24)22-18-9-7-17(21)8-10-18/h3-10,15H,1-2,11-13H2,(H,22,24). The van der Waals surface area contributed by atoms with Gasteiger partial charge >= 0.3 is 0 Å². The number of nitrogens with one attached hydrogen (secondary N) is 1. The minimum atomic E-state index is -0.323. The van der Waals surface area contributed by atoms with Crippen molar-refractivity contribution < 1.29 is 13.6 Å². The molecule has 0 aliphatic carbocycles. The van der Waals surface area contributed by atoms with Gasteiger partial charge in [0, 0.05) is 18.8 Å². The number of piperidine rings is 1. The molecule has 0 radical (unpaired) electrons. The van der Waals surface area contributed by atoms with Crippen molar-refractivity contribution in [2.75, 3.05) is 18.4 Å². The maximum absolute atomic E-state index is 13.0. The van der Waals surface area contributed by atoms with Crippen molar-refractivity contribution in [1.29, 1.82) is 0 Å². The number of hydrogen-bond donors (Lipinski definition) is 1. The maximum atomic E-state index is 13.0. The summed E-state index contributed by atoms with van der Waals surface area (Å²) in [7, 11) is 0. The lowest BCUT2D eigenvalue weighted by molar-refractivity contribution is -0.121. The summed E-state index contributed by atoms with van der Waals surface area (Å²) in [6.07, 6.45) is 1.79. The minimum absolute atomic E-state index is 0.0367. The molecule has 2 aromatic carbocycles. The van der Waals surface area contributed by atoms with E-state index < -0.39 is 0 Å². The Labute approximate surface area is 140 Å². The number of carbonyl (C=O) groups is 1. The number of rotatable bonds is 4. The van der Waals surface area contributed by atoms with Gasteiger partial charge in [0.1, 0.15) is 11.6 Å². The fraction of sp³-hybridized carbons (Fsp3) is 0.316. The Bertz CT molecular complexity index is 686. The average Bonchev–Trinajstić information content (AvgIpc) is 2.59. The first-order valence-corrected chi connectivity index (χ1v) is 8.13. The van der Waals surface area contributed by atoms with Crippen molar-refractivity contribution in [3.05, 3.63) is 65.7 Å². The highest BCUT2D eigenvalue weighted by Gasteiger charge is 2.25. The molecule has 1 aliphatic rings. The topological polar surface area (TPSA) is 32.3 Å². The lowest BCUT2D eigenvalue weighted by atomic mass is 9.96. The van der Waals surface area contributed by atoms with E-state index in [1.54, 1.807) is 24.3 Å². The highest BCUT2D eigenvalue weighted by Crippen LogP contribution is 2.21. The van der Waals surface area contributed by atoms with Gasteiger partial charge in [-0.15, -0.1) is 0 Å². The lowest BCUT2D eigenvalue weighted by Crippen LogP contribution is -2.40. The minimum Gasteiger partial charge on any atom is -0.326 e. The van der Waals surface area contributed by atoms with Crippen molar-refractivity contribution in [2.24, 2.45) is 5.92 Å². The normalized spacial score (nSPS) is 18.3. The molecular formula is C19H20F2N2O. The van der Waals surface area contributed by atoms with Crippen LogP contribution in [0.4, 0.5) is 14.5 Å². The van der Waals surface area contributed by atoms with Gasteiger partial charge in [-0.05, 0) is 61.3 Å². The lowest BCUT2D eigenvalue weighted by Gasteiger charge is -2.32. The third-order valence-corrected chi connectivity index (χ3v) is 4.31. The second-order valence-corrected chi connectivity index (χ2v) is 6.20. The molecular weight excluding hydrogens is 310 g/mol. The maximum Gasteiger partial charge on any atom is 0.228 e. The molecule has 3 nitrogen and oxygen atoms in total. The molecule has 1 atom stereocenters. The predicted octanol–water partition coefficient (Wildman–Crippen LogP) is 3.82.